The number of morpholine rings is 1. The number of aryl methyl sites for hydroxylation is 1. The highest BCUT2D eigenvalue weighted by molar-refractivity contribution is 5.42. The summed E-state index contributed by atoms with van der Waals surface area (Å²) in [5.41, 5.74) is 2.56. The van der Waals surface area contributed by atoms with Crippen LogP contribution in [-0.2, 0) is 16.8 Å². The van der Waals surface area contributed by atoms with E-state index < -0.39 is 0 Å². The summed E-state index contributed by atoms with van der Waals surface area (Å²) in [5, 5.41) is 3.65. The second-order valence-corrected chi connectivity index (χ2v) is 6.47. The Labute approximate surface area is 128 Å². The zero-order chi connectivity index (χ0) is 14.9. The number of benzene rings is 1. The molecular weight excluding hydrogens is 262 g/mol. The van der Waals surface area contributed by atoms with E-state index in [1.807, 2.05) is 0 Å². The van der Waals surface area contributed by atoms with Crippen LogP contribution in [0.25, 0.3) is 0 Å². The average Bonchev–Trinajstić information content (AvgIpc) is 2.55. The van der Waals surface area contributed by atoms with Crippen LogP contribution in [0, 0.1) is 0 Å². The molecule has 1 spiro atoms. The minimum absolute atomic E-state index is 0.0318. The molecule has 3 heteroatoms. The molecule has 2 aliphatic rings. The van der Waals surface area contributed by atoms with Gasteiger partial charge >= 0.3 is 0 Å². The van der Waals surface area contributed by atoms with E-state index in [1.54, 1.807) is 7.11 Å². The Morgan fingerprint density at radius 1 is 1.24 bits per heavy atom. The lowest BCUT2D eigenvalue weighted by Crippen LogP contribution is -2.59. The van der Waals surface area contributed by atoms with Gasteiger partial charge in [0.2, 0.25) is 0 Å². The maximum absolute atomic E-state index is 6.81. The van der Waals surface area contributed by atoms with Crippen LogP contribution >= 0.6 is 0 Å². The van der Waals surface area contributed by atoms with Gasteiger partial charge in [-0.3, -0.25) is 0 Å². The van der Waals surface area contributed by atoms with Gasteiger partial charge in [-0.1, -0.05) is 19.9 Å². The molecule has 116 valence electrons. The van der Waals surface area contributed by atoms with Crippen molar-refractivity contribution in [3.05, 3.63) is 29.3 Å². The summed E-state index contributed by atoms with van der Waals surface area (Å²) in [6.07, 6.45) is 5.55. The maximum Gasteiger partial charge on any atom is 0.119 e. The third-order valence-electron chi connectivity index (χ3n) is 5.39. The van der Waals surface area contributed by atoms with Crippen LogP contribution in [0.5, 0.6) is 5.75 Å². The predicted octanol–water partition coefficient (Wildman–Crippen LogP) is 3.41. The molecule has 21 heavy (non-hydrogen) atoms. The van der Waals surface area contributed by atoms with Crippen molar-refractivity contribution in [1.82, 2.24) is 5.32 Å². The average molecular weight is 289 g/mol. The van der Waals surface area contributed by atoms with Crippen LogP contribution < -0.4 is 10.1 Å². The number of hydrogen-bond donors (Lipinski definition) is 1. The molecule has 1 N–H and O–H groups in total. The number of ether oxygens (including phenoxy) is 2. The molecule has 3 nitrogen and oxygen atoms in total. The van der Waals surface area contributed by atoms with Crippen LogP contribution in [0.4, 0.5) is 0 Å². The fourth-order valence-electron chi connectivity index (χ4n) is 3.94. The summed E-state index contributed by atoms with van der Waals surface area (Å²) < 4.78 is 12.3. The first kappa shape index (κ1) is 14.9. The highest BCUT2D eigenvalue weighted by Gasteiger charge is 2.47. The Bertz CT molecular complexity index is 510. The minimum atomic E-state index is -0.174. The molecule has 0 radical (unpaired) electrons. The predicted molar refractivity (Wildman–Crippen MR) is 84.9 cm³/mol. The van der Waals surface area contributed by atoms with Gasteiger partial charge in [-0.05, 0) is 55.4 Å². The molecule has 0 amide bonds. The van der Waals surface area contributed by atoms with Crippen molar-refractivity contribution in [3.8, 4) is 5.75 Å². The standard InChI is InChI=1S/C18H27NO2/c1-4-17(5-2)12-19-13-18(21-17)10-6-7-14-8-9-15(20-3)11-16(14)18/h8-9,11,19H,4-7,10,12-13H2,1-3H3. The molecule has 1 atom stereocenters. The van der Waals surface area contributed by atoms with E-state index >= 15 is 0 Å². The van der Waals surface area contributed by atoms with E-state index in [1.165, 1.54) is 17.5 Å². The molecule has 0 aromatic heterocycles. The first-order valence-corrected chi connectivity index (χ1v) is 8.25. The van der Waals surface area contributed by atoms with Crippen molar-refractivity contribution >= 4 is 0 Å². The molecule has 1 aliphatic carbocycles. The topological polar surface area (TPSA) is 30.5 Å². The van der Waals surface area contributed by atoms with Gasteiger partial charge < -0.3 is 14.8 Å². The van der Waals surface area contributed by atoms with Crippen molar-refractivity contribution in [1.29, 1.82) is 0 Å². The lowest BCUT2D eigenvalue weighted by Gasteiger charge is -2.51. The Kier molecular flexibility index (Phi) is 3.98. The molecule has 3 rings (SSSR count). The van der Waals surface area contributed by atoms with Crippen molar-refractivity contribution in [2.24, 2.45) is 0 Å². The van der Waals surface area contributed by atoms with E-state index in [9.17, 15) is 0 Å². The van der Waals surface area contributed by atoms with Gasteiger partial charge in [0.1, 0.15) is 11.4 Å². The van der Waals surface area contributed by atoms with Gasteiger partial charge in [-0.25, -0.2) is 0 Å². The Morgan fingerprint density at radius 2 is 2.05 bits per heavy atom. The molecule has 1 heterocycles. The van der Waals surface area contributed by atoms with E-state index in [4.69, 9.17) is 9.47 Å². The highest BCUT2D eigenvalue weighted by atomic mass is 16.5. The van der Waals surface area contributed by atoms with Crippen molar-refractivity contribution in [3.63, 3.8) is 0 Å². The lowest BCUT2D eigenvalue weighted by molar-refractivity contribution is -0.193. The fraction of sp³-hybridized carbons (Fsp3) is 0.667. The lowest BCUT2D eigenvalue weighted by atomic mass is 9.76. The van der Waals surface area contributed by atoms with Crippen molar-refractivity contribution in [2.75, 3.05) is 20.2 Å². The minimum Gasteiger partial charge on any atom is -0.497 e. The van der Waals surface area contributed by atoms with Crippen LogP contribution in [0.1, 0.15) is 50.7 Å². The monoisotopic (exact) mass is 289 g/mol. The largest absolute Gasteiger partial charge is 0.497 e. The summed E-state index contributed by atoms with van der Waals surface area (Å²) in [6, 6.07) is 6.48. The quantitative estimate of drug-likeness (QED) is 0.925. The molecule has 0 bridgehead atoms. The number of methoxy groups -OCH3 is 1. The smallest absolute Gasteiger partial charge is 0.119 e. The molecular formula is C18H27NO2. The molecule has 1 aliphatic heterocycles. The normalized spacial score (nSPS) is 27.4. The van der Waals surface area contributed by atoms with Gasteiger partial charge in [0, 0.05) is 13.1 Å². The third kappa shape index (κ3) is 2.47. The number of hydrogen-bond acceptors (Lipinski definition) is 3. The van der Waals surface area contributed by atoms with E-state index in [-0.39, 0.29) is 11.2 Å². The molecule has 1 saturated heterocycles. The van der Waals surface area contributed by atoms with Crippen molar-refractivity contribution in [2.45, 2.75) is 57.2 Å². The third-order valence-corrected chi connectivity index (χ3v) is 5.39. The van der Waals surface area contributed by atoms with E-state index in [0.29, 0.717) is 0 Å². The molecule has 1 unspecified atom stereocenters. The summed E-state index contributed by atoms with van der Waals surface area (Å²) in [6.45, 7) is 6.34. The van der Waals surface area contributed by atoms with Crippen LogP contribution in [0.15, 0.2) is 18.2 Å². The maximum atomic E-state index is 6.81. The van der Waals surface area contributed by atoms with Crippen molar-refractivity contribution < 1.29 is 9.47 Å². The number of rotatable bonds is 3. The SMILES string of the molecule is CCC1(CC)CNCC2(CCCc3ccc(OC)cc32)O1. The van der Waals surface area contributed by atoms with Crippen LogP contribution in [-0.4, -0.2) is 25.8 Å². The van der Waals surface area contributed by atoms with Gasteiger partial charge in [0.25, 0.3) is 0 Å². The van der Waals surface area contributed by atoms with Gasteiger partial charge in [0.05, 0.1) is 12.7 Å². The zero-order valence-corrected chi connectivity index (χ0v) is 13.5. The van der Waals surface area contributed by atoms with E-state index in [2.05, 4.69) is 37.4 Å². The Balaban J connectivity index is 2.03. The summed E-state index contributed by atoms with van der Waals surface area (Å²) in [5.74, 6) is 0.933. The van der Waals surface area contributed by atoms with Crippen LogP contribution in [0.2, 0.25) is 0 Å². The number of nitrogens with one attached hydrogen (secondary N) is 1. The number of fused-ring (bicyclic) bond motifs is 2. The van der Waals surface area contributed by atoms with Gasteiger partial charge in [-0.2, -0.15) is 0 Å². The Hall–Kier alpha value is -1.06. The zero-order valence-electron chi connectivity index (χ0n) is 13.5. The van der Waals surface area contributed by atoms with Gasteiger partial charge in [-0.15, -0.1) is 0 Å². The second kappa shape index (κ2) is 5.62. The molecule has 0 saturated carbocycles. The molecule has 1 fully saturated rings. The summed E-state index contributed by atoms with van der Waals surface area (Å²) in [4.78, 5) is 0. The molecule has 1 aromatic rings. The molecule has 1 aromatic carbocycles. The van der Waals surface area contributed by atoms with E-state index in [0.717, 1.165) is 44.5 Å². The summed E-state index contributed by atoms with van der Waals surface area (Å²) in [7, 11) is 1.74. The Morgan fingerprint density at radius 3 is 2.76 bits per heavy atom. The highest BCUT2D eigenvalue weighted by Crippen LogP contribution is 2.45. The first-order chi connectivity index (χ1) is 10.2. The summed E-state index contributed by atoms with van der Waals surface area (Å²) >= 11 is 0. The first-order valence-electron chi connectivity index (χ1n) is 8.25. The van der Waals surface area contributed by atoms with Crippen LogP contribution in [0.3, 0.4) is 0 Å². The van der Waals surface area contributed by atoms with Gasteiger partial charge in [0.15, 0.2) is 0 Å². The fourth-order valence-corrected chi connectivity index (χ4v) is 3.94. The second-order valence-electron chi connectivity index (χ2n) is 6.47.